The van der Waals surface area contributed by atoms with Crippen LogP contribution < -0.4 is 4.74 Å². The molecule has 0 aliphatic heterocycles. The topological polar surface area (TPSA) is 26.3 Å². The number of carbonyl (C=O) groups is 1. The Labute approximate surface area is 125 Å². The summed E-state index contributed by atoms with van der Waals surface area (Å²) >= 11 is 0. The third kappa shape index (κ3) is 3.72. The molecule has 0 unspecified atom stereocenters. The number of Topliss-reactive ketones (excluding diaryl/α,β-unsaturated/α-hetero) is 1. The van der Waals surface area contributed by atoms with Crippen LogP contribution in [-0.2, 0) is 11.4 Å². The molecule has 0 aromatic heterocycles. The molecule has 2 aromatic carbocycles. The average molecular weight is 280 g/mol. The van der Waals surface area contributed by atoms with Crippen LogP contribution in [-0.4, -0.2) is 5.78 Å². The quantitative estimate of drug-likeness (QED) is 0.824. The zero-order chi connectivity index (χ0) is 14.5. The highest BCUT2D eigenvalue weighted by Crippen LogP contribution is 2.32. The molecule has 21 heavy (non-hydrogen) atoms. The first-order valence-corrected chi connectivity index (χ1v) is 7.59. The van der Waals surface area contributed by atoms with Crippen molar-refractivity contribution in [3.63, 3.8) is 0 Å². The number of carbonyl (C=O) groups excluding carboxylic acids is 1. The van der Waals surface area contributed by atoms with Crippen LogP contribution in [0.25, 0.3) is 0 Å². The molecule has 0 amide bonds. The summed E-state index contributed by atoms with van der Waals surface area (Å²) in [6.07, 6.45) is 3.39. The molecular weight excluding hydrogens is 260 g/mol. The van der Waals surface area contributed by atoms with Gasteiger partial charge in [0.2, 0.25) is 0 Å². The summed E-state index contributed by atoms with van der Waals surface area (Å²) in [5.41, 5.74) is 2.47. The Balaban J connectivity index is 1.64. The molecule has 0 spiro atoms. The summed E-state index contributed by atoms with van der Waals surface area (Å²) in [6, 6.07) is 18.5. The first-order chi connectivity index (χ1) is 10.3. The van der Waals surface area contributed by atoms with E-state index in [0.29, 0.717) is 18.3 Å². The maximum absolute atomic E-state index is 11.3. The molecule has 108 valence electrons. The third-order valence-corrected chi connectivity index (χ3v) is 4.12. The fraction of sp³-hybridized carbons (Fsp3) is 0.316. The van der Waals surface area contributed by atoms with Gasteiger partial charge in [-0.2, -0.15) is 0 Å². The van der Waals surface area contributed by atoms with Gasteiger partial charge >= 0.3 is 0 Å². The molecule has 1 aliphatic rings. The van der Waals surface area contributed by atoms with Crippen LogP contribution in [0.3, 0.4) is 0 Å². The van der Waals surface area contributed by atoms with E-state index in [0.717, 1.165) is 31.4 Å². The van der Waals surface area contributed by atoms with Gasteiger partial charge in [-0.3, -0.25) is 4.79 Å². The fourth-order valence-corrected chi connectivity index (χ4v) is 2.87. The first-order valence-electron chi connectivity index (χ1n) is 7.59. The van der Waals surface area contributed by atoms with E-state index < -0.39 is 0 Å². The highest BCUT2D eigenvalue weighted by atomic mass is 16.5. The van der Waals surface area contributed by atoms with Crippen LogP contribution in [0.1, 0.15) is 42.7 Å². The molecule has 0 N–H and O–H groups in total. The number of rotatable bonds is 4. The van der Waals surface area contributed by atoms with E-state index in [2.05, 4.69) is 24.3 Å². The van der Waals surface area contributed by atoms with Crippen molar-refractivity contribution >= 4 is 5.78 Å². The first kappa shape index (κ1) is 13.9. The van der Waals surface area contributed by atoms with Crippen LogP contribution >= 0.6 is 0 Å². The molecule has 0 bridgehead atoms. The SMILES string of the molecule is O=C1CCC(c2cccc(OCc3ccccc3)c2)CC1. The van der Waals surface area contributed by atoms with Gasteiger partial charge in [0.05, 0.1) is 0 Å². The lowest BCUT2D eigenvalue weighted by Crippen LogP contribution is -2.12. The summed E-state index contributed by atoms with van der Waals surface area (Å²) in [5, 5.41) is 0. The largest absolute Gasteiger partial charge is 0.489 e. The summed E-state index contributed by atoms with van der Waals surface area (Å²) in [7, 11) is 0. The fourth-order valence-electron chi connectivity index (χ4n) is 2.87. The molecule has 0 heterocycles. The Morgan fingerprint density at radius 2 is 1.71 bits per heavy atom. The lowest BCUT2D eigenvalue weighted by atomic mass is 9.83. The van der Waals surface area contributed by atoms with Crippen molar-refractivity contribution in [2.24, 2.45) is 0 Å². The second kappa shape index (κ2) is 6.57. The summed E-state index contributed by atoms with van der Waals surface area (Å²) in [4.78, 5) is 11.3. The van der Waals surface area contributed by atoms with Gasteiger partial charge in [-0.15, -0.1) is 0 Å². The van der Waals surface area contributed by atoms with E-state index >= 15 is 0 Å². The standard InChI is InChI=1S/C19H20O2/c20-18-11-9-16(10-12-18)17-7-4-8-19(13-17)21-14-15-5-2-1-3-6-15/h1-8,13,16H,9-12,14H2. The van der Waals surface area contributed by atoms with E-state index in [1.807, 2.05) is 30.3 Å². The summed E-state index contributed by atoms with van der Waals surface area (Å²) in [5.74, 6) is 1.82. The van der Waals surface area contributed by atoms with E-state index in [9.17, 15) is 4.79 Å². The van der Waals surface area contributed by atoms with Crippen LogP contribution in [0.2, 0.25) is 0 Å². The van der Waals surface area contributed by atoms with Crippen molar-refractivity contribution in [1.82, 2.24) is 0 Å². The van der Waals surface area contributed by atoms with Gasteiger partial charge in [0, 0.05) is 12.8 Å². The minimum atomic E-state index is 0.405. The van der Waals surface area contributed by atoms with E-state index in [1.165, 1.54) is 11.1 Å². The van der Waals surface area contributed by atoms with Crippen molar-refractivity contribution in [1.29, 1.82) is 0 Å². The minimum absolute atomic E-state index is 0.405. The second-order valence-electron chi connectivity index (χ2n) is 5.66. The van der Waals surface area contributed by atoms with Crippen LogP contribution in [0, 0.1) is 0 Å². The minimum Gasteiger partial charge on any atom is -0.489 e. The predicted octanol–water partition coefficient (Wildman–Crippen LogP) is 4.49. The Morgan fingerprint density at radius 1 is 0.952 bits per heavy atom. The molecule has 0 saturated heterocycles. The van der Waals surface area contributed by atoms with E-state index in [-0.39, 0.29) is 0 Å². The number of ketones is 1. The predicted molar refractivity (Wildman–Crippen MR) is 83.4 cm³/mol. The number of hydrogen-bond acceptors (Lipinski definition) is 2. The summed E-state index contributed by atoms with van der Waals surface area (Å²) in [6.45, 7) is 0.591. The average Bonchev–Trinajstić information content (AvgIpc) is 2.55. The maximum Gasteiger partial charge on any atom is 0.132 e. The highest BCUT2D eigenvalue weighted by molar-refractivity contribution is 5.79. The van der Waals surface area contributed by atoms with Crippen molar-refractivity contribution in [3.05, 3.63) is 65.7 Å². The molecule has 1 saturated carbocycles. The lowest BCUT2D eigenvalue weighted by Gasteiger charge is -2.21. The molecule has 1 fully saturated rings. The molecule has 3 rings (SSSR count). The summed E-state index contributed by atoms with van der Waals surface area (Å²) < 4.78 is 5.88. The number of hydrogen-bond donors (Lipinski definition) is 0. The molecular formula is C19H20O2. The molecule has 2 aromatic rings. The Hall–Kier alpha value is -2.09. The van der Waals surface area contributed by atoms with E-state index in [1.54, 1.807) is 0 Å². The van der Waals surface area contributed by atoms with Crippen molar-refractivity contribution in [2.75, 3.05) is 0 Å². The van der Waals surface area contributed by atoms with Gasteiger partial charge in [-0.05, 0) is 42.0 Å². The van der Waals surface area contributed by atoms with Gasteiger partial charge < -0.3 is 4.74 Å². The zero-order valence-corrected chi connectivity index (χ0v) is 12.1. The number of benzene rings is 2. The van der Waals surface area contributed by atoms with Gasteiger partial charge in [-0.1, -0.05) is 42.5 Å². The maximum atomic E-state index is 11.3. The van der Waals surface area contributed by atoms with Crippen molar-refractivity contribution in [2.45, 2.75) is 38.2 Å². The van der Waals surface area contributed by atoms with Gasteiger partial charge in [0.25, 0.3) is 0 Å². The highest BCUT2D eigenvalue weighted by Gasteiger charge is 2.20. The van der Waals surface area contributed by atoms with Crippen molar-refractivity contribution < 1.29 is 9.53 Å². The van der Waals surface area contributed by atoms with Crippen LogP contribution in [0.5, 0.6) is 5.75 Å². The van der Waals surface area contributed by atoms with Gasteiger partial charge in [0.1, 0.15) is 18.1 Å². The van der Waals surface area contributed by atoms with E-state index in [4.69, 9.17) is 4.74 Å². The van der Waals surface area contributed by atoms with Gasteiger partial charge in [-0.25, -0.2) is 0 Å². The molecule has 1 aliphatic carbocycles. The monoisotopic (exact) mass is 280 g/mol. The smallest absolute Gasteiger partial charge is 0.132 e. The molecule has 0 atom stereocenters. The molecule has 2 nitrogen and oxygen atoms in total. The Kier molecular flexibility index (Phi) is 4.34. The number of ether oxygens (including phenoxy) is 1. The second-order valence-corrected chi connectivity index (χ2v) is 5.66. The Morgan fingerprint density at radius 3 is 2.48 bits per heavy atom. The lowest BCUT2D eigenvalue weighted by molar-refractivity contribution is -0.120. The third-order valence-electron chi connectivity index (χ3n) is 4.12. The zero-order valence-electron chi connectivity index (χ0n) is 12.1. The van der Waals surface area contributed by atoms with Crippen LogP contribution in [0.4, 0.5) is 0 Å². The van der Waals surface area contributed by atoms with Gasteiger partial charge in [0.15, 0.2) is 0 Å². The van der Waals surface area contributed by atoms with Crippen LogP contribution in [0.15, 0.2) is 54.6 Å². The Bertz CT molecular complexity index is 594. The molecule has 2 heteroatoms. The van der Waals surface area contributed by atoms with Crippen molar-refractivity contribution in [3.8, 4) is 5.75 Å². The normalized spacial score (nSPS) is 15.9. The molecule has 0 radical (unpaired) electrons.